The number of carbonyl (C=O) groups excluding carboxylic acids is 1. The molecule has 1 amide bonds. The van der Waals surface area contributed by atoms with Gasteiger partial charge in [-0.05, 0) is 62.7 Å². The van der Waals surface area contributed by atoms with Crippen molar-refractivity contribution >= 4 is 18.3 Å². The molecular formula is C20H24ClN3O3. The van der Waals surface area contributed by atoms with Gasteiger partial charge in [-0.3, -0.25) is 9.78 Å². The molecule has 6 nitrogen and oxygen atoms in total. The number of nitrogens with zero attached hydrogens (tertiary/aromatic N) is 2. The van der Waals surface area contributed by atoms with Crippen molar-refractivity contribution in [2.45, 2.75) is 31.8 Å². The normalized spacial score (nSPS) is 18.3. The maximum absolute atomic E-state index is 13.3. The second-order valence-corrected chi connectivity index (χ2v) is 6.66. The summed E-state index contributed by atoms with van der Waals surface area (Å²) >= 11 is 0. The first-order chi connectivity index (χ1) is 12.8. The van der Waals surface area contributed by atoms with Crippen LogP contribution < -0.4 is 14.8 Å². The second-order valence-electron chi connectivity index (χ2n) is 6.66. The SMILES string of the molecule is Cl.O=C(c1ccc2c(c1)OCO2)N(Cc1ccccn1)C1CCCNCC1. The Hall–Kier alpha value is -2.31. The van der Waals surface area contributed by atoms with Gasteiger partial charge in [0, 0.05) is 17.8 Å². The molecule has 3 heterocycles. The number of hydrogen-bond donors (Lipinski definition) is 1. The van der Waals surface area contributed by atoms with Crippen LogP contribution >= 0.6 is 12.4 Å². The minimum atomic E-state index is 0. The summed E-state index contributed by atoms with van der Waals surface area (Å²) in [6, 6.07) is 11.4. The highest BCUT2D eigenvalue weighted by Crippen LogP contribution is 2.33. The van der Waals surface area contributed by atoms with Crippen molar-refractivity contribution in [2.75, 3.05) is 19.9 Å². The van der Waals surface area contributed by atoms with Crippen LogP contribution in [0.3, 0.4) is 0 Å². The number of hydrogen-bond acceptors (Lipinski definition) is 5. The van der Waals surface area contributed by atoms with Crippen LogP contribution in [0.25, 0.3) is 0 Å². The predicted molar refractivity (Wildman–Crippen MR) is 104 cm³/mol. The molecule has 0 radical (unpaired) electrons. The van der Waals surface area contributed by atoms with E-state index in [4.69, 9.17) is 9.47 Å². The largest absolute Gasteiger partial charge is 0.454 e. The highest BCUT2D eigenvalue weighted by Gasteiger charge is 2.27. The van der Waals surface area contributed by atoms with Crippen LogP contribution in [0.1, 0.15) is 35.3 Å². The number of rotatable bonds is 4. The van der Waals surface area contributed by atoms with Crippen LogP contribution in [0, 0.1) is 0 Å². The molecule has 4 rings (SSSR count). The number of aromatic nitrogens is 1. The van der Waals surface area contributed by atoms with Gasteiger partial charge in [0.1, 0.15) is 0 Å². The first-order valence-electron chi connectivity index (χ1n) is 9.12. The van der Waals surface area contributed by atoms with E-state index in [9.17, 15) is 4.79 Å². The lowest BCUT2D eigenvalue weighted by Crippen LogP contribution is -2.40. The van der Waals surface area contributed by atoms with Gasteiger partial charge in [0.2, 0.25) is 6.79 Å². The van der Waals surface area contributed by atoms with E-state index in [0.717, 1.165) is 38.0 Å². The van der Waals surface area contributed by atoms with Gasteiger partial charge in [-0.15, -0.1) is 12.4 Å². The van der Waals surface area contributed by atoms with Gasteiger partial charge in [0.05, 0.1) is 12.2 Å². The number of pyridine rings is 1. The van der Waals surface area contributed by atoms with Crippen molar-refractivity contribution in [1.82, 2.24) is 15.2 Å². The van der Waals surface area contributed by atoms with Crippen molar-refractivity contribution < 1.29 is 14.3 Å². The van der Waals surface area contributed by atoms with E-state index in [1.54, 1.807) is 12.3 Å². The quantitative estimate of drug-likeness (QED) is 0.870. The average Bonchev–Trinajstić information content (AvgIpc) is 2.99. The molecule has 0 bridgehead atoms. The number of ether oxygens (including phenoxy) is 2. The fourth-order valence-electron chi connectivity index (χ4n) is 3.54. The van der Waals surface area contributed by atoms with Crippen molar-refractivity contribution in [2.24, 2.45) is 0 Å². The molecule has 1 aromatic heterocycles. The zero-order valence-corrected chi connectivity index (χ0v) is 15.9. The lowest BCUT2D eigenvalue weighted by atomic mass is 10.0. The predicted octanol–water partition coefficient (Wildman–Crippen LogP) is 3.02. The van der Waals surface area contributed by atoms with E-state index < -0.39 is 0 Å². The minimum absolute atomic E-state index is 0. The number of benzene rings is 1. The third kappa shape index (κ3) is 4.51. The smallest absolute Gasteiger partial charge is 0.254 e. The molecule has 1 saturated heterocycles. The third-order valence-electron chi connectivity index (χ3n) is 4.92. The van der Waals surface area contributed by atoms with E-state index >= 15 is 0 Å². The summed E-state index contributed by atoms with van der Waals surface area (Å²) in [5.41, 5.74) is 1.53. The summed E-state index contributed by atoms with van der Waals surface area (Å²) in [4.78, 5) is 19.7. The average molecular weight is 390 g/mol. The maximum Gasteiger partial charge on any atom is 0.254 e. The van der Waals surface area contributed by atoms with Crippen molar-refractivity contribution in [3.05, 3.63) is 53.9 Å². The summed E-state index contributed by atoms with van der Waals surface area (Å²) < 4.78 is 10.8. The third-order valence-corrected chi connectivity index (χ3v) is 4.92. The molecule has 7 heteroatoms. The Kier molecular flexibility index (Phi) is 6.53. The van der Waals surface area contributed by atoms with Crippen LogP contribution in [0.15, 0.2) is 42.6 Å². The van der Waals surface area contributed by atoms with Gasteiger partial charge < -0.3 is 19.7 Å². The second kappa shape index (κ2) is 9.06. The molecule has 1 atom stereocenters. The molecular weight excluding hydrogens is 366 g/mol. The first-order valence-corrected chi connectivity index (χ1v) is 9.12. The summed E-state index contributed by atoms with van der Waals surface area (Å²) in [6.45, 7) is 2.65. The summed E-state index contributed by atoms with van der Waals surface area (Å²) in [6.07, 6.45) is 4.78. The molecule has 2 aliphatic rings. The Balaban J connectivity index is 0.00000210. The van der Waals surface area contributed by atoms with E-state index in [1.807, 2.05) is 35.2 Å². The first kappa shape index (κ1) is 19.5. The molecule has 0 aliphatic carbocycles. The van der Waals surface area contributed by atoms with Gasteiger partial charge in [-0.1, -0.05) is 6.07 Å². The molecule has 0 saturated carbocycles. The molecule has 1 N–H and O–H groups in total. The fraction of sp³-hybridized carbons (Fsp3) is 0.400. The lowest BCUT2D eigenvalue weighted by Gasteiger charge is -2.31. The Labute approximate surface area is 165 Å². The minimum Gasteiger partial charge on any atom is -0.454 e. The molecule has 27 heavy (non-hydrogen) atoms. The van der Waals surface area contributed by atoms with E-state index in [2.05, 4.69) is 10.3 Å². The van der Waals surface area contributed by atoms with Crippen LogP contribution in [0.4, 0.5) is 0 Å². The van der Waals surface area contributed by atoms with Crippen LogP contribution in [-0.4, -0.2) is 41.7 Å². The monoisotopic (exact) mass is 389 g/mol. The molecule has 1 aromatic carbocycles. The maximum atomic E-state index is 13.3. The number of amides is 1. The van der Waals surface area contributed by atoms with Gasteiger partial charge in [-0.2, -0.15) is 0 Å². The summed E-state index contributed by atoms with van der Waals surface area (Å²) in [5, 5.41) is 3.42. The van der Waals surface area contributed by atoms with E-state index in [0.29, 0.717) is 23.6 Å². The van der Waals surface area contributed by atoms with Gasteiger partial charge in [0.15, 0.2) is 11.5 Å². The van der Waals surface area contributed by atoms with Gasteiger partial charge in [0.25, 0.3) is 5.91 Å². The Morgan fingerprint density at radius 2 is 2.04 bits per heavy atom. The molecule has 144 valence electrons. The number of halogens is 1. The van der Waals surface area contributed by atoms with E-state index in [-0.39, 0.29) is 31.1 Å². The van der Waals surface area contributed by atoms with Crippen molar-refractivity contribution in [3.8, 4) is 11.5 Å². The standard InChI is InChI=1S/C20H23N3O3.ClH/c24-20(15-6-7-18-19(12-15)26-14-25-18)23(13-16-4-1-2-10-22-16)17-5-3-9-21-11-8-17;/h1-2,4,6-7,10,12,17,21H,3,5,8-9,11,13-14H2;1H. The molecule has 2 aliphatic heterocycles. The Bertz CT molecular complexity index is 764. The topological polar surface area (TPSA) is 63.7 Å². The number of carbonyl (C=O) groups is 1. The van der Waals surface area contributed by atoms with Gasteiger partial charge in [-0.25, -0.2) is 0 Å². The summed E-state index contributed by atoms with van der Waals surface area (Å²) in [5.74, 6) is 1.34. The van der Waals surface area contributed by atoms with Crippen molar-refractivity contribution in [3.63, 3.8) is 0 Å². The van der Waals surface area contributed by atoms with Crippen molar-refractivity contribution in [1.29, 1.82) is 0 Å². The van der Waals surface area contributed by atoms with Crippen LogP contribution in [-0.2, 0) is 6.54 Å². The van der Waals surface area contributed by atoms with Gasteiger partial charge >= 0.3 is 0 Å². The zero-order chi connectivity index (χ0) is 17.8. The number of nitrogens with one attached hydrogen (secondary N) is 1. The highest BCUT2D eigenvalue weighted by molar-refractivity contribution is 5.95. The van der Waals surface area contributed by atoms with Crippen LogP contribution in [0.2, 0.25) is 0 Å². The van der Waals surface area contributed by atoms with E-state index in [1.165, 1.54) is 0 Å². The number of fused-ring (bicyclic) bond motifs is 1. The summed E-state index contributed by atoms with van der Waals surface area (Å²) in [7, 11) is 0. The Morgan fingerprint density at radius 1 is 1.15 bits per heavy atom. The highest BCUT2D eigenvalue weighted by atomic mass is 35.5. The molecule has 1 fully saturated rings. The molecule has 0 spiro atoms. The molecule has 2 aromatic rings. The molecule has 1 unspecified atom stereocenters. The zero-order valence-electron chi connectivity index (χ0n) is 15.1. The Morgan fingerprint density at radius 3 is 2.89 bits per heavy atom. The lowest BCUT2D eigenvalue weighted by molar-refractivity contribution is 0.0642. The fourth-order valence-corrected chi connectivity index (χ4v) is 3.54. The van der Waals surface area contributed by atoms with Crippen LogP contribution in [0.5, 0.6) is 11.5 Å².